The predicted octanol–water partition coefficient (Wildman–Crippen LogP) is 3.92. The summed E-state index contributed by atoms with van der Waals surface area (Å²) in [6.07, 6.45) is 3.38. The average Bonchev–Trinajstić information content (AvgIpc) is 2.39. The Morgan fingerprint density at radius 1 is 1.06 bits per heavy atom. The number of rotatable bonds is 3. The Morgan fingerprint density at radius 2 is 1.71 bits per heavy atom. The minimum absolute atomic E-state index is 0.488. The van der Waals surface area contributed by atoms with Gasteiger partial charge in [0.25, 0.3) is 0 Å². The van der Waals surface area contributed by atoms with Gasteiger partial charge in [0.05, 0.1) is 6.54 Å². The zero-order chi connectivity index (χ0) is 12.1. The Morgan fingerprint density at radius 3 is 2.35 bits per heavy atom. The fraction of sp³-hybridized carbons (Fsp3) is 0.0769. The van der Waals surface area contributed by atoms with Crippen molar-refractivity contribution in [2.24, 2.45) is 4.99 Å². The van der Waals surface area contributed by atoms with Gasteiger partial charge in [0, 0.05) is 23.0 Å². The van der Waals surface area contributed by atoms with Gasteiger partial charge in [-0.15, -0.1) is 0 Å². The summed E-state index contributed by atoms with van der Waals surface area (Å²) in [5.74, 6) is 0. The Labute approximate surface area is 110 Å². The van der Waals surface area contributed by atoms with Gasteiger partial charge < -0.3 is 0 Å². The normalized spacial score (nSPS) is 11.5. The van der Waals surface area contributed by atoms with Gasteiger partial charge in [-0.1, -0.05) is 35.3 Å². The number of hydrogen-bond acceptors (Lipinski definition) is 2. The lowest BCUT2D eigenvalue weighted by molar-refractivity contribution is 1.07. The lowest BCUT2D eigenvalue weighted by Gasteiger charge is -1.99. The second kappa shape index (κ2) is 5.80. The number of hydrogen-bond donors (Lipinski definition) is 0. The van der Waals surface area contributed by atoms with Gasteiger partial charge in [-0.05, 0) is 29.8 Å². The molecule has 0 fully saturated rings. The van der Waals surface area contributed by atoms with E-state index in [9.17, 15) is 0 Å². The Hall–Kier alpha value is -1.38. The summed E-state index contributed by atoms with van der Waals surface area (Å²) in [6.45, 7) is 0.540. The molecule has 0 saturated heterocycles. The van der Waals surface area contributed by atoms with Crippen molar-refractivity contribution in [3.05, 3.63) is 64.9 Å². The molecule has 0 spiro atoms. The average molecular weight is 265 g/mol. The summed E-state index contributed by atoms with van der Waals surface area (Å²) in [5.41, 5.74) is 1.94. The smallest absolute Gasteiger partial charge is 0.131 e. The number of pyridine rings is 1. The van der Waals surface area contributed by atoms with Crippen molar-refractivity contribution in [3.63, 3.8) is 0 Å². The van der Waals surface area contributed by atoms with E-state index < -0.39 is 0 Å². The number of aromatic nitrogens is 1. The first-order valence-electron chi connectivity index (χ1n) is 5.10. The largest absolute Gasteiger partial charge is 0.268 e. The van der Waals surface area contributed by atoms with E-state index in [-0.39, 0.29) is 0 Å². The maximum absolute atomic E-state index is 6.08. The van der Waals surface area contributed by atoms with Crippen molar-refractivity contribution >= 4 is 28.4 Å². The molecule has 17 heavy (non-hydrogen) atoms. The molecule has 0 aliphatic heterocycles. The maximum Gasteiger partial charge on any atom is 0.131 e. The molecule has 0 atom stereocenters. The Balaban J connectivity index is 2.08. The van der Waals surface area contributed by atoms with Crippen LogP contribution < -0.4 is 0 Å². The zero-order valence-corrected chi connectivity index (χ0v) is 10.5. The van der Waals surface area contributed by atoms with E-state index in [1.165, 1.54) is 0 Å². The molecule has 0 aliphatic rings. The standard InChI is InChI=1S/C13H10Cl2N2/c14-12-3-1-10(2-4-12)9-17-13(15)11-5-7-16-8-6-11/h1-8H,9H2. The maximum atomic E-state index is 6.08. The Bertz CT molecular complexity index is 507. The van der Waals surface area contributed by atoms with Crippen LogP contribution in [-0.2, 0) is 6.54 Å². The lowest BCUT2D eigenvalue weighted by Crippen LogP contribution is -1.92. The van der Waals surface area contributed by atoms with Gasteiger partial charge >= 0.3 is 0 Å². The monoisotopic (exact) mass is 264 g/mol. The fourth-order valence-electron chi connectivity index (χ4n) is 1.33. The van der Waals surface area contributed by atoms with Crippen LogP contribution in [0, 0.1) is 0 Å². The van der Waals surface area contributed by atoms with E-state index >= 15 is 0 Å². The van der Waals surface area contributed by atoms with Crippen LogP contribution in [0.15, 0.2) is 53.8 Å². The highest BCUT2D eigenvalue weighted by Crippen LogP contribution is 2.11. The van der Waals surface area contributed by atoms with E-state index in [1.807, 2.05) is 36.4 Å². The van der Waals surface area contributed by atoms with Crippen LogP contribution >= 0.6 is 23.2 Å². The molecule has 0 radical (unpaired) electrons. The van der Waals surface area contributed by atoms with Gasteiger partial charge in [0.15, 0.2) is 0 Å². The van der Waals surface area contributed by atoms with Crippen LogP contribution in [0.3, 0.4) is 0 Å². The van der Waals surface area contributed by atoms with Crippen molar-refractivity contribution in [1.29, 1.82) is 0 Å². The molecule has 0 unspecified atom stereocenters. The van der Waals surface area contributed by atoms with Crippen molar-refractivity contribution in [1.82, 2.24) is 4.98 Å². The molecule has 0 bridgehead atoms. The van der Waals surface area contributed by atoms with Crippen LogP contribution in [0.5, 0.6) is 0 Å². The third-order valence-electron chi connectivity index (χ3n) is 2.23. The van der Waals surface area contributed by atoms with Crippen molar-refractivity contribution in [2.45, 2.75) is 6.54 Å². The van der Waals surface area contributed by atoms with Gasteiger partial charge in [-0.2, -0.15) is 0 Å². The van der Waals surface area contributed by atoms with Crippen molar-refractivity contribution in [3.8, 4) is 0 Å². The topological polar surface area (TPSA) is 25.2 Å². The van der Waals surface area contributed by atoms with Crippen molar-refractivity contribution < 1.29 is 0 Å². The molecule has 0 N–H and O–H groups in total. The number of nitrogens with zero attached hydrogens (tertiary/aromatic N) is 2. The molecule has 1 heterocycles. The summed E-state index contributed by atoms with van der Waals surface area (Å²) in [4.78, 5) is 8.23. The van der Waals surface area contributed by atoms with Crippen LogP contribution in [-0.4, -0.2) is 10.2 Å². The molecular weight excluding hydrogens is 255 g/mol. The first-order chi connectivity index (χ1) is 8.25. The van der Waals surface area contributed by atoms with Crippen LogP contribution in [0.2, 0.25) is 5.02 Å². The molecule has 0 saturated carbocycles. The van der Waals surface area contributed by atoms with Crippen molar-refractivity contribution in [2.75, 3.05) is 0 Å². The first kappa shape index (κ1) is 12.1. The molecular formula is C13H10Cl2N2. The van der Waals surface area contributed by atoms with Gasteiger partial charge in [-0.25, -0.2) is 0 Å². The summed E-state index contributed by atoms with van der Waals surface area (Å²) in [7, 11) is 0. The third kappa shape index (κ3) is 3.55. The minimum Gasteiger partial charge on any atom is -0.268 e. The van der Waals surface area contributed by atoms with Gasteiger partial charge in [-0.3, -0.25) is 9.98 Å². The fourth-order valence-corrected chi connectivity index (χ4v) is 1.64. The quantitative estimate of drug-likeness (QED) is 0.772. The van der Waals surface area contributed by atoms with Crippen LogP contribution in [0.25, 0.3) is 0 Å². The third-order valence-corrected chi connectivity index (χ3v) is 2.82. The molecule has 1 aromatic heterocycles. The van der Waals surface area contributed by atoms with E-state index in [1.54, 1.807) is 12.4 Å². The molecule has 0 aliphatic carbocycles. The van der Waals surface area contributed by atoms with E-state index in [4.69, 9.17) is 23.2 Å². The number of halogens is 2. The van der Waals surface area contributed by atoms with Crippen LogP contribution in [0.1, 0.15) is 11.1 Å². The molecule has 0 amide bonds. The van der Waals surface area contributed by atoms with Gasteiger partial charge in [0.2, 0.25) is 0 Å². The second-order valence-electron chi connectivity index (χ2n) is 3.47. The first-order valence-corrected chi connectivity index (χ1v) is 5.86. The predicted molar refractivity (Wildman–Crippen MR) is 71.8 cm³/mol. The second-order valence-corrected chi connectivity index (χ2v) is 4.26. The number of aliphatic imine (C=N–C) groups is 1. The Kier molecular flexibility index (Phi) is 4.13. The molecule has 2 aromatic rings. The highest BCUT2D eigenvalue weighted by molar-refractivity contribution is 6.69. The summed E-state index contributed by atoms with van der Waals surface area (Å²) in [5, 5.41) is 1.21. The molecule has 4 heteroatoms. The van der Waals surface area contributed by atoms with E-state index in [0.717, 1.165) is 16.1 Å². The van der Waals surface area contributed by atoms with E-state index in [2.05, 4.69) is 9.98 Å². The summed E-state index contributed by atoms with van der Waals surface area (Å²) >= 11 is 11.9. The highest BCUT2D eigenvalue weighted by Gasteiger charge is 1.98. The minimum atomic E-state index is 0.488. The number of benzene rings is 1. The highest BCUT2D eigenvalue weighted by atomic mass is 35.5. The molecule has 2 rings (SSSR count). The lowest BCUT2D eigenvalue weighted by atomic mass is 10.2. The molecule has 1 aromatic carbocycles. The van der Waals surface area contributed by atoms with Crippen LogP contribution in [0.4, 0.5) is 0 Å². The zero-order valence-electron chi connectivity index (χ0n) is 8.98. The molecule has 86 valence electrons. The molecule has 2 nitrogen and oxygen atoms in total. The van der Waals surface area contributed by atoms with Gasteiger partial charge in [0.1, 0.15) is 5.17 Å². The van der Waals surface area contributed by atoms with E-state index in [0.29, 0.717) is 11.7 Å². The summed E-state index contributed by atoms with van der Waals surface area (Å²) < 4.78 is 0. The summed E-state index contributed by atoms with van der Waals surface area (Å²) in [6, 6.07) is 11.2. The SMILES string of the molecule is ClC(=NCc1ccc(Cl)cc1)c1ccncc1.